The lowest BCUT2D eigenvalue weighted by molar-refractivity contribution is -0.115. The summed E-state index contributed by atoms with van der Waals surface area (Å²) < 4.78 is 1.28. The molecule has 17 heavy (non-hydrogen) atoms. The van der Waals surface area contributed by atoms with Gasteiger partial charge in [0.25, 0.3) is 5.91 Å². The number of rotatable bonds is 2. The largest absolute Gasteiger partial charge is 0.307 e. The summed E-state index contributed by atoms with van der Waals surface area (Å²) in [6, 6.07) is 6.94. The van der Waals surface area contributed by atoms with Gasteiger partial charge in [-0.15, -0.1) is 0 Å². The number of benzene rings is 1. The molecule has 1 saturated heterocycles. The van der Waals surface area contributed by atoms with Crippen LogP contribution < -0.4 is 5.32 Å². The van der Waals surface area contributed by atoms with Crippen LogP contribution in [0.5, 0.6) is 0 Å². The minimum atomic E-state index is -0.314. The van der Waals surface area contributed by atoms with Crippen molar-refractivity contribution >= 4 is 55.9 Å². The van der Waals surface area contributed by atoms with Gasteiger partial charge in [0.15, 0.2) is 5.78 Å². The van der Waals surface area contributed by atoms with E-state index < -0.39 is 0 Å². The number of carbonyl (C=O) groups is 2. The lowest BCUT2D eigenvalue weighted by atomic mass is 10.1. The van der Waals surface area contributed by atoms with Crippen LogP contribution in [0.4, 0.5) is 0 Å². The molecule has 0 bridgehead atoms. The molecule has 0 aromatic heterocycles. The van der Waals surface area contributed by atoms with E-state index in [-0.39, 0.29) is 11.7 Å². The van der Waals surface area contributed by atoms with Crippen molar-refractivity contribution in [3.8, 4) is 0 Å². The van der Waals surface area contributed by atoms with Crippen LogP contribution in [-0.4, -0.2) is 16.0 Å². The fraction of sp³-hybridized carbons (Fsp3) is 0. The normalized spacial score (nSPS) is 17.4. The topological polar surface area (TPSA) is 46.2 Å². The molecule has 0 spiro atoms. The van der Waals surface area contributed by atoms with E-state index in [1.54, 1.807) is 24.3 Å². The average Bonchev–Trinajstić information content (AvgIpc) is 2.58. The Kier molecular flexibility index (Phi) is 3.76. The molecule has 0 unspecified atom stereocenters. The summed E-state index contributed by atoms with van der Waals surface area (Å²) in [5.41, 5.74) is 0.534. The van der Waals surface area contributed by atoms with Crippen LogP contribution in [0.15, 0.2) is 39.7 Å². The molecule has 1 aromatic rings. The highest BCUT2D eigenvalue weighted by molar-refractivity contribution is 9.10. The van der Waals surface area contributed by atoms with Crippen molar-refractivity contribution in [3.05, 3.63) is 45.3 Å². The van der Waals surface area contributed by atoms with Crippen molar-refractivity contribution in [2.75, 3.05) is 0 Å². The van der Waals surface area contributed by atoms with Gasteiger partial charge < -0.3 is 5.32 Å². The molecule has 86 valence electrons. The summed E-state index contributed by atoms with van der Waals surface area (Å²) >= 11 is 9.22. The molecular weight excluding hydrogens is 322 g/mol. The standard InChI is InChI=1S/C11H6BrNO2S2/c12-7-3-1-6(2-4-7)8(14)5-9-10(15)13-11(16)17-9/h1-5H,(H,13,15,16)/b9-5+. The minimum absolute atomic E-state index is 0.208. The quantitative estimate of drug-likeness (QED) is 0.515. The van der Waals surface area contributed by atoms with Crippen LogP contribution in [0.1, 0.15) is 10.4 Å². The summed E-state index contributed by atoms with van der Waals surface area (Å²) in [5, 5.41) is 2.46. The number of thiocarbonyl (C=S) groups is 1. The first kappa shape index (κ1) is 12.5. The molecule has 1 fully saturated rings. The number of amides is 1. The first-order valence-electron chi connectivity index (χ1n) is 4.61. The zero-order valence-electron chi connectivity index (χ0n) is 8.40. The Hall–Kier alpha value is -0.980. The van der Waals surface area contributed by atoms with E-state index in [1.807, 2.05) is 0 Å². The monoisotopic (exact) mass is 327 g/mol. The Morgan fingerprint density at radius 3 is 2.53 bits per heavy atom. The van der Waals surface area contributed by atoms with Gasteiger partial charge in [-0.2, -0.15) is 0 Å². The van der Waals surface area contributed by atoms with E-state index in [2.05, 4.69) is 21.2 Å². The third kappa shape index (κ3) is 3.02. The maximum atomic E-state index is 11.8. The van der Waals surface area contributed by atoms with Gasteiger partial charge >= 0.3 is 0 Å². The van der Waals surface area contributed by atoms with E-state index in [0.29, 0.717) is 14.8 Å². The maximum absolute atomic E-state index is 11.8. The van der Waals surface area contributed by atoms with Gasteiger partial charge in [-0.1, -0.05) is 39.9 Å². The molecule has 1 aromatic carbocycles. The van der Waals surface area contributed by atoms with Crippen molar-refractivity contribution in [3.63, 3.8) is 0 Å². The van der Waals surface area contributed by atoms with Crippen LogP contribution in [0.25, 0.3) is 0 Å². The number of carbonyl (C=O) groups excluding carboxylic acids is 2. The van der Waals surface area contributed by atoms with Crippen LogP contribution in [0.2, 0.25) is 0 Å². The molecule has 0 radical (unpaired) electrons. The van der Waals surface area contributed by atoms with Crippen molar-refractivity contribution in [2.45, 2.75) is 0 Å². The average molecular weight is 328 g/mol. The van der Waals surface area contributed by atoms with E-state index in [0.717, 1.165) is 16.2 Å². The zero-order chi connectivity index (χ0) is 12.4. The summed E-state index contributed by atoms with van der Waals surface area (Å²) in [7, 11) is 0. The van der Waals surface area contributed by atoms with Crippen LogP contribution in [0, 0.1) is 0 Å². The highest BCUT2D eigenvalue weighted by Crippen LogP contribution is 2.24. The molecule has 6 heteroatoms. The highest BCUT2D eigenvalue weighted by atomic mass is 79.9. The Morgan fingerprint density at radius 2 is 2.00 bits per heavy atom. The molecule has 1 aliphatic rings. The minimum Gasteiger partial charge on any atom is -0.307 e. The van der Waals surface area contributed by atoms with Gasteiger partial charge in [0.05, 0.1) is 4.91 Å². The van der Waals surface area contributed by atoms with Gasteiger partial charge in [-0.3, -0.25) is 9.59 Å². The van der Waals surface area contributed by atoms with Gasteiger partial charge in [-0.25, -0.2) is 0 Å². The van der Waals surface area contributed by atoms with E-state index in [9.17, 15) is 9.59 Å². The molecule has 3 nitrogen and oxygen atoms in total. The van der Waals surface area contributed by atoms with Gasteiger partial charge in [-0.05, 0) is 24.3 Å². The molecule has 1 heterocycles. The predicted molar refractivity (Wildman–Crippen MR) is 74.9 cm³/mol. The number of nitrogens with one attached hydrogen (secondary N) is 1. The summed E-state index contributed by atoms with van der Waals surface area (Å²) in [5.74, 6) is -0.523. The van der Waals surface area contributed by atoms with Gasteiger partial charge in [0, 0.05) is 16.1 Å². The Bertz CT molecular complexity index is 537. The lowest BCUT2D eigenvalue weighted by Crippen LogP contribution is -2.18. The van der Waals surface area contributed by atoms with Crippen molar-refractivity contribution in [2.24, 2.45) is 0 Å². The number of hydrogen-bond donors (Lipinski definition) is 1. The van der Waals surface area contributed by atoms with Gasteiger partial charge in [0.1, 0.15) is 4.32 Å². The highest BCUT2D eigenvalue weighted by Gasteiger charge is 2.23. The molecule has 0 atom stereocenters. The third-order valence-electron chi connectivity index (χ3n) is 2.03. The summed E-state index contributed by atoms with van der Waals surface area (Å²) in [4.78, 5) is 23.5. The summed E-state index contributed by atoms with van der Waals surface area (Å²) in [6.45, 7) is 0. The second-order valence-electron chi connectivity index (χ2n) is 3.22. The van der Waals surface area contributed by atoms with Crippen molar-refractivity contribution in [1.82, 2.24) is 5.32 Å². The predicted octanol–water partition coefficient (Wildman–Crippen LogP) is 2.66. The van der Waals surface area contributed by atoms with Crippen LogP contribution >= 0.6 is 39.9 Å². The van der Waals surface area contributed by atoms with Crippen molar-refractivity contribution in [1.29, 1.82) is 0 Å². The Balaban J connectivity index is 2.22. The zero-order valence-corrected chi connectivity index (χ0v) is 11.6. The molecule has 0 saturated carbocycles. The fourth-order valence-corrected chi connectivity index (χ4v) is 2.52. The smallest absolute Gasteiger partial charge is 0.263 e. The lowest BCUT2D eigenvalue weighted by Gasteiger charge is -1.96. The van der Waals surface area contributed by atoms with E-state index >= 15 is 0 Å². The Labute approximate surface area is 116 Å². The number of thioether (sulfide) groups is 1. The van der Waals surface area contributed by atoms with Crippen LogP contribution in [0.3, 0.4) is 0 Å². The van der Waals surface area contributed by atoms with Crippen molar-refractivity contribution < 1.29 is 9.59 Å². The molecule has 1 amide bonds. The SMILES string of the molecule is O=C1NC(=S)S/C1=C/C(=O)c1ccc(Br)cc1. The number of allylic oxidation sites excluding steroid dienone is 1. The first-order chi connectivity index (χ1) is 8.06. The molecule has 1 aliphatic heterocycles. The third-order valence-corrected chi connectivity index (χ3v) is 3.72. The number of ketones is 1. The van der Waals surface area contributed by atoms with Gasteiger partial charge in [0.2, 0.25) is 0 Å². The molecule has 1 N–H and O–H groups in total. The number of halogens is 1. The number of hydrogen-bond acceptors (Lipinski definition) is 4. The summed E-state index contributed by atoms with van der Waals surface area (Å²) in [6.07, 6.45) is 1.31. The van der Waals surface area contributed by atoms with Crippen LogP contribution in [-0.2, 0) is 4.79 Å². The fourth-order valence-electron chi connectivity index (χ4n) is 1.24. The second-order valence-corrected chi connectivity index (χ2v) is 5.86. The molecule has 0 aliphatic carbocycles. The Morgan fingerprint density at radius 1 is 1.35 bits per heavy atom. The van der Waals surface area contributed by atoms with E-state index in [4.69, 9.17) is 12.2 Å². The molecule has 2 rings (SSSR count). The molecular formula is C11H6BrNO2S2. The first-order valence-corrected chi connectivity index (χ1v) is 6.63. The second kappa shape index (κ2) is 5.12. The van der Waals surface area contributed by atoms with E-state index in [1.165, 1.54) is 6.08 Å². The maximum Gasteiger partial charge on any atom is 0.263 e.